The number of allylic oxidation sites excluding steroid dienone is 1. The van der Waals surface area contributed by atoms with E-state index in [0.717, 1.165) is 38.2 Å². The number of rotatable bonds is 5. The van der Waals surface area contributed by atoms with Crippen LogP contribution in [0.25, 0.3) is 0 Å². The minimum absolute atomic E-state index is 0.00444. The molecule has 4 aliphatic carbocycles. The Morgan fingerprint density at radius 1 is 1.15 bits per heavy atom. The zero-order valence-corrected chi connectivity index (χ0v) is 29.8. The molecule has 5 aliphatic rings. The molecule has 0 spiro atoms. The zero-order chi connectivity index (χ0) is 34.7. The topological polar surface area (TPSA) is 210 Å². The van der Waals surface area contributed by atoms with Crippen molar-refractivity contribution in [1.82, 2.24) is 4.72 Å². The van der Waals surface area contributed by atoms with Crippen LogP contribution in [0.5, 0.6) is 0 Å². The van der Waals surface area contributed by atoms with E-state index in [1.54, 1.807) is 6.92 Å². The number of carbonyl (C=O) groups excluding carboxylic acids is 2. The van der Waals surface area contributed by atoms with Gasteiger partial charge in [-0.2, -0.15) is 4.72 Å². The molecule has 1 aromatic carbocycles. The van der Waals surface area contributed by atoms with Crippen LogP contribution < -0.4 is 15.2 Å². The summed E-state index contributed by atoms with van der Waals surface area (Å²) < 4.78 is 47.9. The molecule has 0 saturated heterocycles. The molecule has 260 valence electrons. The molecule has 47 heavy (non-hydrogen) atoms. The number of benzene rings is 1. The summed E-state index contributed by atoms with van der Waals surface area (Å²) >= 11 is 7.14. The molecule has 1 aliphatic heterocycles. The maximum atomic E-state index is 12.2. The van der Waals surface area contributed by atoms with Gasteiger partial charge in [-0.3, -0.25) is 14.4 Å². The molecule has 16 heteroatoms. The highest BCUT2D eigenvalue weighted by atomic mass is 35.5. The third kappa shape index (κ3) is 6.65. The van der Waals surface area contributed by atoms with Gasteiger partial charge in [0.05, 0.1) is 23.0 Å². The average molecular weight is 732 g/mol. The van der Waals surface area contributed by atoms with Crippen molar-refractivity contribution in [3.8, 4) is 0 Å². The van der Waals surface area contributed by atoms with Crippen LogP contribution in [0.1, 0.15) is 78.6 Å². The van der Waals surface area contributed by atoms with Gasteiger partial charge in [-0.25, -0.2) is 22.0 Å². The van der Waals surface area contributed by atoms with Crippen LogP contribution in [0.4, 0.5) is 5.69 Å². The van der Waals surface area contributed by atoms with Gasteiger partial charge in [0.15, 0.2) is 10.9 Å². The number of carboxylic acids is 1. The Morgan fingerprint density at radius 2 is 1.83 bits per heavy atom. The van der Waals surface area contributed by atoms with Crippen molar-refractivity contribution in [1.29, 1.82) is 0 Å². The molecule has 0 radical (unpaired) electrons. The fourth-order valence-corrected chi connectivity index (χ4v) is 12.6. The van der Waals surface area contributed by atoms with Crippen LogP contribution in [0.3, 0.4) is 0 Å². The van der Waals surface area contributed by atoms with Crippen LogP contribution in [-0.4, -0.2) is 61.4 Å². The van der Waals surface area contributed by atoms with E-state index in [1.165, 1.54) is 23.4 Å². The number of hydrogen-bond donors (Lipinski definition) is 5. The molecule has 1 unspecified atom stereocenters. The van der Waals surface area contributed by atoms with E-state index in [-0.39, 0.29) is 61.6 Å². The number of aliphatic hydroxyl groups is 1. The van der Waals surface area contributed by atoms with Gasteiger partial charge < -0.3 is 15.5 Å². The second-order valence-electron chi connectivity index (χ2n) is 13.9. The van der Waals surface area contributed by atoms with Gasteiger partial charge in [-0.1, -0.05) is 42.8 Å². The fourth-order valence-electron chi connectivity index (χ4n) is 9.09. The molecule has 0 amide bonds. The molecule has 1 heterocycles. The monoisotopic (exact) mass is 731 g/mol. The summed E-state index contributed by atoms with van der Waals surface area (Å²) in [5.74, 6) is 0.343. The first kappa shape index (κ1) is 36.3. The SMILES string of the molecule is CC(=O)S[C@@H]1CC2=CC(=O)CC[C@]2(C)[C@H]2CC[C@@]3(C)[C@@H](CCC3(O)CCC(=O)O)[C@H]12.NS(=O)(=O)c1cc2c(cc1Cl)NCNS2(=O)=O. The number of primary sulfonamides is 1. The maximum absolute atomic E-state index is 12.2. The van der Waals surface area contributed by atoms with Crippen molar-refractivity contribution < 1.29 is 41.4 Å². The normalized spacial score (nSPS) is 35.4. The fraction of sp³-hybridized carbons (Fsp3) is 0.645. The Labute approximate surface area is 284 Å². The van der Waals surface area contributed by atoms with Crippen LogP contribution in [0, 0.1) is 28.6 Å². The van der Waals surface area contributed by atoms with Gasteiger partial charge in [-0.05, 0) is 91.7 Å². The van der Waals surface area contributed by atoms with Gasteiger partial charge in [-0.15, -0.1) is 0 Å². The van der Waals surface area contributed by atoms with Crippen LogP contribution >= 0.6 is 23.4 Å². The van der Waals surface area contributed by atoms with E-state index in [0.29, 0.717) is 31.1 Å². The van der Waals surface area contributed by atoms with E-state index in [4.69, 9.17) is 16.7 Å². The third-order valence-electron chi connectivity index (χ3n) is 11.5. The smallest absolute Gasteiger partial charge is 0.303 e. The van der Waals surface area contributed by atoms with E-state index < -0.39 is 36.5 Å². The number of halogens is 1. The van der Waals surface area contributed by atoms with Gasteiger partial charge in [0.25, 0.3) is 0 Å². The maximum Gasteiger partial charge on any atom is 0.303 e. The number of sulfonamides is 2. The van der Waals surface area contributed by atoms with E-state index in [9.17, 15) is 41.4 Å². The Bertz CT molecular complexity index is 1750. The van der Waals surface area contributed by atoms with E-state index in [2.05, 4.69) is 23.9 Å². The van der Waals surface area contributed by atoms with Gasteiger partial charge >= 0.3 is 5.97 Å². The third-order valence-corrected chi connectivity index (χ3v) is 15.5. The first-order valence-electron chi connectivity index (χ1n) is 15.7. The minimum atomic E-state index is -4.07. The van der Waals surface area contributed by atoms with Gasteiger partial charge in [0.1, 0.15) is 9.79 Å². The first-order valence-corrected chi connectivity index (χ1v) is 20.0. The lowest BCUT2D eigenvalue weighted by atomic mass is 9.46. The lowest BCUT2D eigenvalue weighted by Gasteiger charge is -2.61. The summed E-state index contributed by atoms with van der Waals surface area (Å²) in [4.78, 5) is 34.9. The number of carbonyl (C=O) groups is 3. The highest BCUT2D eigenvalue weighted by molar-refractivity contribution is 8.14. The quantitative estimate of drug-likeness (QED) is 0.292. The highest BCUT2D eigenvalue weighted by Gasteiger charge is 2.65. The molecule has 3 fully saturated rings. The van der Waals surface area contributed by atoms with Crippen molar-refractivity contribution in [3.05, 3.63) is 28.8 Å². The lowest BCUT2D eigenvalue weighted by Crippen LogP contribution is -2.58. The lowest BCUT2D eigenvalue weighted by molar-refractivity contribution is -0.146. The van der Waals surface area contributed by atoms with Gasteiger partial charge in [0.2, 0.25) is 20.0 Å². The minimum Gasteiger partial charge on any atom is -0.481 e. The van der Waals surface area contributed by atoms with Crippen LogP contribution in [0.2, 0.25) is 5.02 Å². The number of hydrogen-bond acceptors (Lipinski definition) is 10. The molecule has 12 nitrogen and oxygen atoms in total. The molecule has 6 rings (SSSR count). The summed E-state index contributed by atoms with van der Waals surface area (Å²) in [5.41, 5.74) is 0.186. The highest BCUT2D eigenvalue weighted by Crippen LogP contribution is 2.69. The number of nitrogens with one attached hydrogen (secondary N) is 2. The summed E-state index contributed by atoms with van der Waals surface area (Å²) in [6.45, 7) is 6.11. The van der Waals surface area contributed by atoms with Crippen molar-refractivity contribution >= 4 is 66.0 Å². The Hall–Kier alpha value is -2.01. The number of carboxylic acid groups (broad SMARTS) is 1. The number of thioether (sulfide) groups is 1. The molecule has 6 N–H and O–H groups in total. The summed E-state index contributed by atoms with van der Waals surface area (Å²) in [5, 5.41) is 28.6. The van der Waals surface area contributed by atoms with Crippen LogP contribution in [0.15, 0.2) is 33.6 Å². The second kappa shape index (κ2) is 12.7. The first-order chi connectivity index (χ1) is 21.7. The van der Waals surface area contributed by atoms with E-state index in [1.807, 2.05) is 6.08 Å². The summed E-state index contributed by atoms with van der Waals surface area (Å²) in [6.07, 6.45) is 7.76. The molecular formula is C31H42ClN3O9S3. The van der Waals surface area contributed by atoms with E-state index >= 15 is 0 Å². The molecule has 7 atom stereocenters. The largest absolute Gasteiger partial charge is 0.481 e. The number of anilines is 1. The van der Waals surface area contributed by atoms with Gasteiger partial charge in [0, 0.05) is 25.0 Å². The molecule has 0 aromatic heterocycles. The number of ketones is 1. The number of fused-ring (bicyclic) bond motifs is 6. The zero-order valence-electron chi connectivity index (χ0n) is 26.5. The number of nitrogens with two attached hydrogens (primary N) is 1. The summed E-state index contributed by atoms with van der Waals surface area (Å²) in [7, 11) is -7.80. The van der Waals surface area contributed by atoms with Crippen molar-refractivity contribution in [2.45, 2.75) is 99.2 Å². The Balaban J connectivity index is 0.000000216. The molecular weight excluding hydrogens is 690 g/mol. The Morgan fingerprint density at radius 3 is 2.47 bits per heavy atom. The van der Waals surface area contributed by atoms with Crippen molar-refractivity contribution in [2.24, 2.45) is 33.7 Å². The number of aliphatic carboxylic acids is 1. The predicted octanol–water partition coefficient (Wildman–Crippen LogP) is 4.02. The second-order valence-corrected chi connectivity index (χ2v) is 19.0. The summed E-state index contributed by atoms with van der Waals surface area (Å²) in [6, 6.07) is 2.15. The molecule has 1 aromatic rings. The Kier molecular flexibility index (Phi) is 9.81. The van der Waals surface area contributed by atoms with Crippen molar-refractivity contribution in [2.75, 3.05) is 12.0 Å². The van der Waals surface area contributed by atoms with Crippen molar-refractivity contribution in [3.63, 3.8) is 0 Å². The molecule has 0 bridgehead atoms. The average Bonchev–Trinajstić information content (AvgIpc) is 3.22. The van der Waals surface area contributed by atoms with Crippen LogP contribution in [-0.2, 0) is 34.4 Å². The predicted molar refractivity (Wildman–Crippen MR) is 178 cm³/mol. The molecule has 3 saturated carbocycles. The standard InChI is InChI=1S/C24H34O5S.C7H8ClN3O4S2/c1-14(25)30-19-13-15-12-16(26)4-8-22(15,2)17-5-9-23(3)18(21(17)19)6-10-24(23,29)11-7-20(27)28;8-4-1-5-7(2-6(4)16(9,12)13)17(14,15)11-3-10-5/h12,17-19,21,29H,4-11,13H2,1-3H3,(H,27,28);1-2,10-11H,3H2,(H2,9,12,13)/t17-,18-,19+,21+,22-,23-,24?;/m0./s1.